The number of carbonyl (C=O) groups is 1. The van der Waals surface area contributed by atoms with Crippen LogP contribution in [0.5, 0.6) is 0 Å². The first-order chi connectivity index (χ1) is 12.3. The lowest BCUT2D eigenvalue weighted by Gasteiger charge is -2.33. The summed E-state index contributed by atoms with van der Waals surface area (Å²) in [5, 5.41) is 0. The van der Waals surface area contributed by atoms with Gasteiger partial charge in [-0.25, -0.2) is 4.99 Å². The molecule has 0 fully saturated rings. The maximum Gasteiger partial charge on any atom is 0.261 e. The van der Waals surface area contributed by atoms with Crippen molar-refractivity contribution >= 4 is 17.4 Å². The predicted octanol–water partition coefficient (Wildman–Crippen LogP) is 4.03. The Kier molecular flexibility index (Phi) is 2.88. The number of rotatable bonds is 1. The number of aromatic nitrogens is 1. The van der Waals surface area contributed by atoms with Gasteiger partial charge in [0.2, 0.25) is 0 Å². The third-order valence-electron chi connectivity index (χ3n) is 4.94. The Bertz CT molecular complexity index is 1050. The van der Waals surface area contributed by atoms with Gasteiger partial charge in [-0.1, -0.05) is 42.5 Å². The first-order valence-corrected chi connectivity index (χ1v) is 8.27. The van der Waals surface area contributed by atoms with Crippen LogP contribution >= 0.6 is 0 Å². The average molecular weight is 325 g/mol. The maximum atomic E-state index is 13.2. The van der Waals surface area contributed by atoms with E-state index in [4.69, 9.17) is 4.99 Å². The number of amides is 1. The number of amidine groups is 1. The van der Waals surface area contributed by atoms with E-state index in [1.54, 1.807) is 6.20 Å². The molecule has 1 amide bonds. The predicted molar refractivity (Wildman–Crippen MR) is 96.1 cm³/mol. The average Bonchev–Trinajstić information content (AvgIpc) is 2.93. The fourth-order valence-corrected chi connectivity index (χ4v) is 3.74. The number of hydrogen-bond donors (Lipinski definition) is 0. The van der Waals surface area contributed by atoms with Crippen LogP contribution in [-0.2, 0) is 0 Å². The minimum Gasteiger partial charge on any atom is -0.280 e. The van der Waals surface area contributed by atoms with E-state index in [2.05, 4.69) is 24.0 Å². The summed E-state index contributed by atoms with van der Waals surface area (Å²) in [5.41, 5.74) is 5.69. The van der Waals surface area contributed by atoms with Gasteiger partial charge in [0.25, 0.3) is 5.91 Å². The van der Waals surface area contributed by atoms with E-state index < -0.39 is 0 Å². The molecule has 120 valence electrons. The summed E-state index contributed by atoms with van der Waals surface area (Å²) >= 11 is 0. The Labute approximate surface area is 145 Å². The molecular formula is C21H15N3O. The van der Waals surface area contributed by atoms with Crippen LogP contribution in [0.3, 0.4) is 0 Å². The number of pyridine rings is 1. The monoisotopic (exact) mass is 325 g/mol. The zero-order valence-corrected chi connectivity index (χ0v) is 13.7. The fraction of sp³-hybridized carbons (Fsp3) is 0.0952. The van der Waals surface area contributed by atoms with Gasteiger partial charge in [-0.3, -0.25) is 14.7 Å². The third-order valence-corrected chi connectivity index (χ3v) is 4.94. The number of benzene rings is 2. The summed E-state index contributed by atoms with van der Waals surface area (Å²) < 4.78 is 0. The number of aliphatic imine (C=N–C) groups is 1. The third kappa shape index (κ3) is 1.91. The van der Waals surface area contributed by atoms with Gasteiger partial charge in [0, 0.05) is 23.5 Å². The molecule has 2 aromatic carbocycles. The van der Waals surface area contributed by atoms with Crippen molar-refractivity contribution in [3.63, 3.8) is 0 Å². The van der Waals surface area contributed by atoms with Crippen molar-refractivity contribution in [2.24, 2.45) is 4.99 Å². The van der Waals surface area contributed by atoms with Crippen molar-refractivity contribution in [2.75, 3.05) is 0 Å². The summed E-state index contributed by atoms with van der Waals surface area (Å²) in [4.78, 5) is 24.0. The second kappa shape index (κ2) is 5.11. The van der Waals surface area contributed by atoms with Gasteiger partial charge in [-0.2, -0.15) is 0 Å². The molecule has 3 aromatic rings. The molecule has 2 aliphatic heterocycles. The van der Waals surface area contributed by atoms with E-state index in [0.29, 0.717) is 5.56 Å². The second-order valence-corrected chi connectivity index (χ2v) is 6.35. The van der Waals surface area contributed by atoms with Gasteiger partial charge < -0.3 is 0 Å². The summed E-state index contributed by atoms with van der Waals surface area (Å²) in [6.45, 7) is 2.07. The highest BCUT2D eigenvalue weighted by Gasteiger charge is 2.43. The smallest absolute Gasteiger partial charge is 0.261 e. The van der Waals surface area contributed by atoms with Gasteiger partial charge in [0.05, 0.1) is 17.3 Å². The minimum absolute atomic E-state index is 0.00268. The van der Waals surface area contributed by atoms with E-state index in [1.165, 1.54) is 0 Å². The van der Waals surface area contributed by atoms with E-state index >= 15 is 0 Å². The second-order valence-electron chi connectivity index (χ2n) is 6.35. The molecule has 25 heavy (non-hydrogen) atoms. The first kappa shape index (κ1) is 14.1. The molecule has 2 aliphatic rings. The van der Waals surface area contributed by atoms with Crippen molar-refractivity contribution in [3.05, 3.63) is 94.8 Å². The van der Waals surface area contributed by atoms with Crippen molar-refractivity contribution in [1.82, 2.24) is 9.88 Å². The molecule has 0 spiro atoms. The van der Waals surface area contributed by atoms with E-state index in [9.17, 15) is 4.79 Å². The number of aryl methyl sites for hydroxylation is 1. The van der Waals surface area contributed by atoms with Gasteiger partial charge >= 0.3 is 0 Å². The van der Waals surface area contributed by atoms with E-state index in [1.807, 2.05) is 53.6 Å². The minimum atomic E-state index is -0.211. The molecule has 5 rings (SSSR count). The Balaban J connectivity index is 1.81. The van der Waals surface area contributed by atoms with Gasteiger partial charge in [0.15, 0.2) is 0 Å². The fourth-order valence-electron chi connectivity index (χ4n) is 3.74. The molecule has 4 nitrogen and oxygen atoms in total. The van der Waals surface area contributed by atoms with Crippen LogP contribution in [0.1, 0.15) is 38.7 Å². The summed E-state index contributed by atoms with van der Waals surface area (Å²) in [7, 11) is 0. The highest BCUT2D eigenvalue weighted by Crippen LogP contribution is 2.44. The molecule has 0 aliphatic carbocycles. The molecule has 0 N–H and O–H groups in total. The van der Waals surface area contributed by atoms with Crippen LogP contribution in [0.4, 0.5) is 5.69 Å². The van der Waals surface area contributed by atoms with Crippen molar-refractivity contribution in [3.8, 4) is 0 Å². The van der Waals surface area contributed by atoms with E-state index in [0.717, 1.165) is 33.8 Å². The number of hydrogen-bond acceptors (Lipinski definition) is 3. The largest absolute Gasteiger partial charge is 0.280 e. The first-order valence-electron chi connectivity index (χ1n) is 8.27. The van der Waals surface area contributed by atoms with Gasteiger partial charge in [-0.15, -0.1) is 0 Å². The van der Waals surface area contributed by atoms with Gasteiger partial charge in [-0.05, 0) is 30.2 Å². The van der Waals surface area contributed by atoms with E-state index in [-0.39, 0.29) is 11.9 Å². The lowest BCUT2D eigenvalue weighted by molar-refractivity contribution is 0.0830. The SMILES string of the molecule is Cc1ccccc1C1c2cnccc2N=C2c3ccccc3C(=O)N21. The highest BCUT2D eigenvalue weighted by molar-refractivity contribution is 6.24. The van der Waals surface area contributed by atoms with Crippen LogP contribution in [0.15, 0.2) is 72.0 Å². The summed E-state index contributed by atoms with van der Waals surface area (Å²) in [6, 6.07) is 17.6. The Morgan fingerprint density at radius 1 is 0.920 bits per heavy atom. The number of fused-ring (bicyclic) bond motifs is 4. The lowest BCUT2D eigenvalue weighted by atomic mass is 9.92. The zero-order chi connectivity index (χ0) is 17.0. The Morgan fingerprint density at radius 3 is 2.52 bits per heavy atom. The lowest BCUT2D eigenvalue weighted by Crippen LogP contribution is -2.37. The van der Waals surface area contributed by atoms with Crippen LogP contribution < -0.4 is 0 Å². The zero-order valence-electron chi connectivity index (χ0n) is 13.7. The number of nitrogens with zero attached hydrogens (tertiary/aromatic N) is 3. The van der Waals surface area contributed by atoms with Crippen molar-refractivity contribution in [2.45, 2.75) is 13.0 Å². The number of carbonyl (C=O) groups excluding carboxylic acids is 1. The van der Waals surface area contributed by atoms with Crippen LogP contribution in [0.25, 0.3) is 0 Å². The molecule has 0 bridgehead atoms. The highest BCUT2D eigenvalue weighted by atomic mass is 16.2. The van der Waals surface area contributed by atoms with Crippen LogP contribution in [0.2, 0.25) is 0 Å². The molecule has 1 unspecified atom stereocenters. The van der Waals surface area contributed by atoms with Crippen molar-refractivity contribution < 1.29 is 4.79 Å². The topological polar surface area (TPSA) is 45.6 Å². The molecule has 0 radical (unpaired) electrons. The molecular weight excluding hydrogens is 310 g/mol. The molecule has 0 saturated heterocycles. The van der Waals surface area contributed by atoms with Crippen LogP contribution in [0, 0.1) is 6.92 Å². The Morgan fingerprint density at radius 2 is 1.68 bits per heavy atom. The molecule has 3 heterocycles. The van der Waals surface area contributed by atoms with Gasteiger partial charge in [0.1, 0.15) is 5.84 Å². The van der Waals surface area contributed by atoms with Crippen LogP contribution in [-0.4, -0.2) is 21.6 Å². The molecule has 1 atom stereocenters. The normalized spacial score (nSPS) is 17.6. The standard InChI is InChI=1S/C21H15N3O/c1-13-6-2-3-7-14(13)19-17-12-22-11-10-18(17)23-20-15-8-4-5-9-16(15)21(25)24(19)20/h2-12,19H,1H3. The quantitative estimate of drug-likeness (QED) is 0.678. The van der Waals surface area contributed by atoms with Crippen molar-refractivity contribution in [1.29, 1.82) is 0 Å². The molecule has 4 heteroatoms. The maximum absolute atomic E-state index is 13.2. The molecule has 1 aromatic heterocycles. The summed E-state index contributed by atoms with van der Waals surface area (Å²) in [5.74, 6) is 0.727. The molecule has 0 saturated carbocycles. The summed E-state index contributed by atoms with van der Waals surface area (Å²) in [6.07, 6.45) is 3.57. The Hall–Kier alpha value is -3.27.